The number of allylic oxidation sites excluding steroid dienone is 4. The van der Waals surface area contributed by atoms with E-state index in [9.17, 15) is 0 Å². The molecule has 7 aromatic carbocycles. The number of fused-ring (bicyclic) bond motifs is 9. The van der Waals surface area contributed by atoms with Gasteiger partial charge in [0.2, 0.25) is 0 Å². The Morgan fingerprint density at radius 2 is 1.16 bits per heavy atom. The molecule has 5 heterocycles. The third-order valence-corrected chi connectivity index (χ3v) is 13.3. The largest absolute Gasteiger partial charge is 0.456 e. The molecule has 0 unspecified atom stereocenters. The maximum atomic E-state index is 6.66. The molecule has 13 rings (SSSR count). The molecule has 0 saturated heterocycles. The predicted molar refractivity (Wildman–Crippen MR) is 258 cm³/mol. The molecule has 0 aliphatic heterocycles. The summed E-state index contributed by atoms with van der Waals surface area (Å²) < 4.78 is 11.3. The van der Waals surface area contributed by atoms with Gasteiger partial charge in [0.25, 0.3) is 0 Å². The van der Waals surface area contributed by atoms with Crippen LogP contribution in [0.3, 0.4) is 0 Å². The lowest BCUT2D eigenvalue weighted by atomic mass is 10.0. The average Bonchev–Trinajstić information content (AvgIpc) is 4.04. The lowest BCUT2D eigenvalue weighted by molar-refractivity contribution is 0.669. The summed E-state index contributed by atoms with van der Waals surface area (Å²) in [6, 6.07) is 56.5. The summed E-state index contributed by atoms with van der Waals surface area (Å²) in [7, 11) is 0. The molecule has 0 bridgehead atoms. The Bertz CT molecular complexity index is 3810. The van der Waals surface area contributed by atoms with Gasteiger partial charge in [-0.15, -0.1) is 11.3 Å². The highest BCUT2D eigenvalue weighted by molar-refractivity contribution is 7.26. The lowest BCUT2D eigenvalue weighted by Crippen LogP contribution is -2.00. The minimum absolute atomic E-state index is 0.560. The minimum atomic E-state index is 0.560. The van der Waals surface area contributed by atoms with Crippen LogP contribution in [0.5, 0.6) is 0 Å². The smallest absolute Gasteiger partial charge is 0.164 e. The maximum Gasteiger partial charge on any atom is 0.164 e. The van der Waals surface area contributed by atoms with Crippen molar-refractivity contribution in [2.75, 3.05) is 0 Å². The van der Waals surface area contributed by atoms with Gasteiger partial charge in [0.15, 0.2) is 23.3 Å². The van der Waals surface area contributed by atoms with E-state index in [-0.39, 0.29) is 0 Å². The van der Waals surface area contributed by atoms with Crippen molar-refractivity contribution < 1.29 is 4.42 Å². The van der Waals surface area contributed by atoms with Crippen LogP contribution in [-0.4, -0.2) is 29.5 Å². The van der Waals surface area contributed by atoms with E-state index in [0.717, 1.165) is 101 Å². The Morgan fingerprint density at radius 3 is 1.90 bits per heavy atom. The molecule has 1 aliphatic carbocycles. The first kappa shape index (κ1) is 35.7. The minimum Gasteiger partial charge on any atom is -0.456 e. The quantitative estimate of drug-likeness (QED) is 0.166. The number of hydrogen-bond acceptors (Lipinski definition) is 7. The van der Waals surface area contributed by atoms with Gasteiger partial charge in [0.1, 0.15) is 11.2 Å². The van der Waals surface area contributed by atoms with Gasteiger partial charge in [-0.05, 0) is 79.1 Å². The summed E-state index contributed by atoms with van der Waals surface area (Å²) in [5, 5.41) is 5.54. The number of rotatable bonds is 6. The monoisotopic (exact) mass is 826 g/mol. The highest BCUT2D eigenvalue weighted by atomic mass is 32.1. The summed E-state index contributed by atoms with van der Waals surface area (Å²) in [6.07, 6.45) is 8.76. The fourth-order valence-electron chi connectivity index (χ4n) is 9.16. The molecule has 7 nitrogen and oxygen atoms in total. The number of para-hydroxylation sites is 2. The highest BCUT2D eigenvalue weighted by Gasteiger charge is 2.22. The zero-order chi connectivity index (χ0) is 41.4. The standard InChI is InChI=1S/C55H34N6OS/c1-3-14-33(15-4-1)49-51-50(41-20-9-12-25-47(41)63-51)57-55(56-49)42-21-13-24-45-48(42)40-31-28-36(32-46(40)62-45)54-59-52(34-16-5-2-6-17-34)58-53(60-54)35-26-29-37(30-27-35)61-43-22-10-7-18-38(43)39-19-8-11-23-44(39)61/h2-3,5-32H,1,4H2. The van der Waals surface area contributed by atoms with Crippen LogP contribution in [0.15, 0.2) is 186 Å². The van der Waals surface area contributed by atoms with Crippen molar-refractivity contribution >= 4 is 81.0 Å². The van der Waals surface area contributed by atoms with Crippen LogP contribution >= 0.6 is 11.3 Å². The first-order valence-electron chi connectivity index (χ1n) is 21.1. The van der Waals surface area contributed by atoms with Crippen molar-refractivity contribution in [1.29, 1.82) is 0 Å². The van der Waals surface area contributed by atoms with Crippen molar-refractivity contribution in [2.24, 2.45) is 0 Å². The zero-order valence-electron chi connectivity index (χ0n) is 33.7. The van der Waals surface area contributed by atoms with E-state index in [2.05, 4.69) is 138 Å². The van der Waals surface area contributed by atoms with Crippen LogP contribution in [-0.2, 0) is 0 Å². The second kappa shape index (κ2) is 14.3. The number of benzene rings is 7. The number of nitrogens with zero attached hydrogens (tertiary/aromatic N) is 6. The van der Waals surface area contributed by atoms with Crippen LogP contribution in [0.1, 0.15) is 18.5 Å². The summed E-state index contributed by atoms with van der Waals surface area (Å²) >= 11 is 1.76. The summed E-state index contributed by atoms with van der Waals surface area (Å²) in [5.74, 6) is 2.43. The van der Waals surface area contributed by atoms with Gasteiger partial charge in [0, 0.05) is 59.6 Å². The van der Waals surface area contributed by atoms with Crippen LogP contribution in [0.4, 0.5) is 0 Å². The van der Waals surface area contributed by atoms with Crippen molar-refractivity contribution in [3.05, 3.63) is 188 Å². The Hall–Kier alpha value is -8.07. The van der Waals surface area contributed by atoms with Crippen LogP contribution in [0.2, 0.25) is 0 Å². The van der Waals surface area contributed by atoms with Gasteiger partial charge in [-0.25, -0.2) is 24.9 Å². The normalized spacial score (nSPS) is 13.0. The highest BCUT2D eigenvalue weighted by Crippen LogP contribution is 2.42. The van der Waals surface area contributed by atoms with Crippen LogP contribution in [0, 0.1) is 0 Å². The molecule has 63 heavy (non-hydrogen) atoms. The van der Waals surface area contributed by atoms with E-state index in [1.807, 2.05) is 48.5 Å². The van der Waals surface area contributed by atoms with E-state index >= 15 is 0 Å². The second-order valence-electron chi connectivity index (χ2n) is 15.9. The van der Waals surface area contributed by atoms with Crippen molar-refractivity contribution in [3.63, 3.8) is 0 Å². The first-order chi connectivity index (χ1) is 31.2. The molecule has 0 saturated carbocycles. The van der Waals surface area contributed by atoms with Gasteiger partial charge in [-0.3, -0.25) is 0 Å². The Morgan fingerprint density at radius 1 is 0.492 bits per heavy atom. The van der Waals surface area contributed by atoms with Gasteiger partial charge in [0.05, 0.1) is 26.9 Å². The molecule has 1 aliphatic rings. The Kier molecular flexibility index (Phi) is 8.07. The van der Waals surface area contributed by atoms with E-state index in [1.54, 1.807) is 11.3 Å². The lowest BCUT2D eigenvalue weighted by Gasteiger charge is -2.11. The second-order valence-corrected chi connectivity index (χ2v) is 16.9. The molecule has 12 aromatic rings. The SMILES string of the molecule is C1=CC(c2nc(-c3cccc4oc5cc(-c6nc(-c7ccccc7)nc(-c7ccc(-n8c9ccccc9c9ccccc98)cc7)n6)ccc5c34)nc3c2sc2ccccc23)=CCC1. The number of aromatic nitrogens is 6. The molecule has 0 fully saturated rings. The molecular formula is C55H34N6OS. The maximum absolute atomic E-state index is 6.66. The third-order valence-electron chi connectivity index (χ3n) is 12.1. The number of furan rings is 1. The molecule has 296 valence electrons. The van der Waals surface area contributed by atoms with Crippen molar-refractivity contribution in [3.8, 4) is 51.2 Å². The molecule has 0 N–H and O–H groups in total. The summed E-state index contributed by atoms with van der Waals surface area (Å²) in [6.45, 7) is 0. The molecule has 0 radical (unpaired) electrons. The van der Waals surface area contributed by atoms with E-state index < -0.39 is 0 Å². The first-order valence-corrected chi connectivity index (χ1v) is 22.0. The van der Waals surface area contributed by atoms with E-state index in [4.69, 9.17) is 29.3 Å². The van der Waals surface area contributed by atoms with Crippen molar-refractivity contribution in [2.45, 2.75) is 12.8 Å². The Labute approximate surface area is 365 Å². The molecule has 8 heteroatoms. The van der Waals surface area contributed by atoms with Gasteiger partial charge >= 0.3 is 0 Å². The van der Waals surface area contributed by atoms with Crippen molar-refractivity contribution in [1.82, 2.24) is 29.5 Å². The molecule has 0 atom stereocenters. The van der Waals surface area contributed by atoms with Gasteiger partial charge < -0.3 is 8.98 Å². The average molecular weight is 827 g/mol. The zero-order valence-corrected chi connectivity index (χ0v) is 34.6. The van der Waals surface area contributed by atoms with Crippen LogP contribution < -0.4 is 0 Å². The van der Waals surface area contributed by atoms with Gasteiger partial charge in [-0.2, -0.15) is 0 Å². The molecule has 0 amide bonds. The van der Waals surface area contributed by atoms with Gasteiger partial charge in [-0.1, -0.05) is 121 Å². The predicted octanol–water partition coefficient (Wildman–Crippen LogP) is 14.4. The fourth-order valence-corrected chi connectivity index (χ4v) is 10.3. The third kappa shape index (κ3) is 5.83. The van der Waals surface area contributed by atoms with E-state index in [1.165, 1.54) is 15.5 Å². The Balaban J connectivity index is 0.935. The fraction of sp³-hybridized carbons (Fsp3) is 0.0364. The molecule has 5 aromatic heterocycles. The molecule has 0 spiro atoms. The summed E-state index contributed by atoms with van der Waals surface area (Å²) in [5.41, 5.74) is 11.5. The van der Waals surface area contributed by atoms with E-state index in [0.29, 0.717) is 23.3 Å². The number of hydrogen-bond donors (Lipinski definition) is 0. The summed E-state index contributed by atoms with van der Waals surface area (Å²) in [4.78, 5) is 25.8. The number of thiophene rings is 1. The molecular weight excluding hydrogens is 793 g/mol. The van der Waals surface area contributed by atoms with Crippen LogP contribution in [0.25, 0.3) is 121 Å². The topological polar surface area (TPSA) is 82.5 Å².